The number of nitrogens with one attached hydrogen (secondary N) is 2. The summed E-state index contributed by atoms with van der Waals surface area (Å²) in [6.07, 6.45) is 2.35. The van der Waals surface area contributed by atoms with Crippen LogP contribution in [0.2, 0.25) is 0 Å². The molecule has 1 aromatic carbocycles. The molecule has 2 amide bonds. The lowest BCUT2D eigenvalue weighted by Crippen LogP contribution is -2.17. The van der Waals surface area contributed by atoms with Crippen LogP contribution in [0.25, 0.3) is 0 Å². The number of amides is 2. The molecule has 116 valence electrons. The van der Waals surface area contributed by atoms with Crippen molar-refractivity contribution in [3.05, 3.63) is 53.3 Å². The van der Waals surface area contributed by atoms with Crippen LogP contribution in [0.15, 0.2) is 36.5 Å². The number of H-pyrrole nitrogens is 1. The van der Waals surface area contributed by atoms with Crippen LogP contribution in [0.4, 0.5) is 5.69 Å². The van der Waals surface area contributed by atoms with Crippen molar-refractivity contribution in [3.8, 4) is 0 Å². The molecule has 1 heterocycles. The Morgan fingerprint density at radius 1 is 1.23 bits per heavy atom. The maximum absolute atomic E-state index is 12.5. The van der Waals surface area contributed by atoms with E-state index in [9.17, 15) is 9.59 Å². The maximum Gasteiger partial charge on any atom is 0.265 e. The maximum atomic E-state index is 12.5. The van der Waals surface area contributed by atoms with Gasteiger partial charge in [0.2, 0.25) is 0 Å². The van der Waals surface area contributed by atoms with E-state index in [1.54, 1.807) is 12.3 Å². The zero-order chi connectivity index (χ0) is 16.3. The first-order chi connectivity index (χ1) is 10.3. The van der Waals surface area contributed by atoms with Crippen LogP contribution in [-0.2, 0) is 6.42 Å². The Morgan fingerprint density at radius 3 is 2.50 bits per heavy atom. The molecule has 22 heavy (non-hydrogen) atoms. The summed E-state index contributed by atoms with van der Waals surface area (Å²) in [6.45, 7) is 6.40. The SMILES string of the molecule is CC(C)(C)Cc1ccccc1C(=O)Nc1c[nH]c(C(N)=O)c1. The minimum atomic E-state index is -0.561. The van der Waals surface area contributed by atoms with Crippen LogP contribution < -0.4 is 11.1 Å². The second kappa shape index (κ2) is 6.05. The normalized spacial score (nSPS) is 11.2. The lowest BCUT2D eigenvalue weighted by atomic mass is 9.86. The molecule has 0 saturated heterocycles. The van der Waals surface area contributed by atoms with Gasteiger partial charge in [0, 0.05) is 11.8 Å². The van der Waals surface area contributed by atoms with Crippen molar-refractivity contribution in [2.45, 2.75) is 27.2 Å². The average Bonchev–Trinajstić information content (AvgIpc) is 2.86. The van der Waals surface area contributed by atoms with Crippen LogP contribution in [0.3, 0.4) is 0 Å². The lowest BCUT2D eigenvalue weighted by Gasteiger charge is -2.20. The summed E-state index contributed by atoms with van der Waals surface area (Å²) in [5, 5.41) is 2.78. The van der Waals surface area contributed by atoms with E-state index in [0.717, 1.165) is 12.0 Å². The summed E-state index contributed by atoms with van der Waals surface area (Å²) in [5.74, 6) is -0.761. The molecular weight excluding hydrogens is 278 g/mol. The summed E-state index contributed by atoms with van der Waals surface area (Å²) in [7, 11) is 0. The molecule has 0 atom stereocenters. The number of aromatic amines is 1. The van der Waals surface area contributed by atoms with E-state index >= 15 is 0 Å². The second-order valence-corrected chi connectivity index (χ2v) is 6.51. The number of anilines is 1. The third kappa shape index (κ3) is 3.97. The van der Waals surface area contributed by atoms with Crippen LogP contribution >= 0.6 is 0 Å². The molecule has 2 aromatic rings. The minimum absolute atomic E-state index is 0.0869. The first kappa shape index (κ1) is 15.8. The van der Waals surface area contributed by atoms with Crippen molar-refractivity contribution < 1.29 is 9.59 Å². The Balaban J connectivity index is 2.20. The third-order valence-corrected chi connectivity index (χ3v) is 3.19. The number of primary amides is 1. The van der Waals surface area contributed by atoms with Gasteiger partial charge in [-0.3, -0.25) is 9.59 Å². The number of nitrogens with two attached hydrogens (primary N) is 1. The number of hydrogen-bond donors (Lipinski definition) is 3. The monoisotopic (exact) mass is 299 g/mol. The smallest absolute Gasteiger partial charge is 0.265 e. The zero-order valence-corrected chi connectivity index (χ0v) is 13.1. The van der Waals surface area contributed by atoms with Crippen molar-refractivity contribution in [2.75, 3.05) is 5.32 Å². The molecule has 0 aliphatic carbocycles. The highest BCUT2D eigenvalue weighted by Crippen LogP contribution is 2.23. The number of aromatic nitrogens is 1. The van der Waals surface area contributed by atoms with Crippen molar-refractivity contribution in [3.63, 3.8) is 0 Å². The Morgan fingerprint density at radius 2 is 1.91 bits per heavy atom. The molecule has 0 bridgehead atoms. The van der Waals surface area contributed by atoms with E-state index in [0.29, 0.717) is 11.3 Å². The zero-order valence-electron chi connectivity index (χ0n) is 13.1. The van der Waals surface area contributed by atoms with Crippen molar-refractivity contribution in [2.24, 2.45) is 11.1 Å². The highest BCUT2D eigenvalue weighted by molar-refractivity contribution is 6.06. The molecule has 0 fully saturated rings. The third-order valence-electron chi connectivity index (χ3n) is 3.19. The van der Waals surface area contributed by atoms with Gasteiger partial charge in [0.1, 0.15) is 5.69 Å². The summed E-state index contributed by atoms with van der Waals surface area (Å²) in [5.41, 5.74) is 7.68. The topological polar surface area (TPSA) is 88.0 Å². The largest absolute Gasteiger partial charge is 0.364 e. The summed E-state index contributed by atoms with van der Waals surface area (Å²) < 4.78 is 0. The molecule has 0 spiro atoms. The van der Waals surface area contributed by atoms with Gasteiger partial charge in [0.05, 0.1) is 5.69 Å². The van der Waals surface area contributed by atoms with E-state index in [4.69, 9.17) is 5.73 Å². The second-order valence-electron chi connectivity index (χ2n) is 6.51. The number of benzene rings is 1. The molecule has 0 radical (unpaired) electrons. The average molecular weight is 299 g/mol. The fraction of sp³-hybridized carbons (Fsp3) is 0.294. The molecule has 0 aliphatic heterocycles. The Kier molecular flexibility index (Phi) is 4.35. The van der Waals surface area contributed by atoms with Crippen molar-refractivity contribution in [1.82, 2.24) is 4.98 Å². The molecule has 5 heteroatoms. The Bertz CT molecular complexity index is 696. The molecule has 0 saturated carbocycles. The standard InChI is InChI=1S/C17H21N3O2/c1-17(2,3)9-11-6-4-5-7-13(11)16(22)20-12-8-14(15(18)21)19-10-12/h4-8,10,19H,9H2,1-3H3,(H2,18,21)(H,20,22). The predicted molar refractivity (Wildman–Crippen MR) is 86.9 cm³/mol. The number of rotatable bonds is 4. The van der Waals surface area contributed by atoms with E-state index in [1.807, 2.05) is 18.2 Å². The molecule has 2 rings (SSSR count). The van der Waals surface area contributed by atoms with E-state index < -0.39 is 5.91 Å². The van der Waals surface area contributed by atoms with Gasteiger partial charge in [-0.15, -0.1) is 0 Å². The van der Waals surface area contributed by atoms with Gasteiger partial charge in [-0.2, -0.15) is 0 Å². The lowest BCUT2D eigenvalue weighted by molar-refractivity contribution is 0.0993. The quantitative estimate of drug-likeness (QED) is 0.810. The van der Waals surface area contributed by atoms with Gasteiger partial charge in [-0.25, -0.2) is 0 Å². The Labute approximate surface area is 129 Å². The molecule has 0 unspecified atom stereocenters. The number of hydrogen-bond acceptors (Lipinski definition) is 2. The van der Waals surface area contributed by atoms with Crippen LogP contribution in [0.1, 0.15) is 47.2 Å². The predicted octanol–water partition coefficient (Wildman–Crippen LogP) is 2.95. The van der Waals surface area contributed by atoms with Crippen molar-refractivity contribution >= 4 is 17.5 Å². The highest BCUT2D eigenvalue weighted by atomic mass is 16.2. The van der Waals surface area contributed by atoms with Gasteiger partial charge < -0.3 is 16.0 Å². The van der Waals surface area contributed by atoms with Gasteiger partial charge >= 0.3 is 0 Å². The molecule has 4 N–H and O–H groups in total. The molecule has 0 aliphatic rings. The highest BCUT2D eigenvalue weighted by Gasteiger charge is 2.17. The van der Waals surface area contributed by atoms with E-state index in [-0.39, 0.29) is 17.0 Å². The first-order valence-corrected chi connectivity index (χ1v) is 7.14. The van der Waals surface area contributed by atoms with Crippen LogP contribution in [-0.4, -0.2) is 16.8 Å². The fourth-order valence-corrected chi connectivity index (χ4v) is 2.27. The Hall–Kier alpha value is -2.56. The summed E-state index contributed by atoms with van der Waals surface area (Å²) >= 11 is 0. The van der Waals surface area contributed by atoms with Crippen molar-refractivity contribution in [1.29, 1.82) is 0 Å². The minimum Gasteiger partial charge on any atom is -0.364 e. The van der Waals surface area contributed by atoms with E-state index in [2.05, 4.69) is 31.1 Å². The molecule has 5 nitrogen and oxygen atoms in total. The summed E-state index contributed by atoms with van der Waals surface area (Å²) in [6, 6.07) is 9.06. The number of carbonyl (C=O) groups excluding carboxylic acids is 2. The first-order valence-electron chi connectivity index (χ1n) is 7.14. The van der Waals surface area contributed by atoms with Gasteiger partial charge in [-0.1, -0.05) is 39.0 Å². The molecule has 1 aromatic heterocycles. The van der Waals surface area contributed by atoms with E-state index in [1.165, 1.54) is 6.07 Å². The fourth-order valence-electron chi connectivity index (χ4n) is 2.27. The van der Waals surface area contributed by atoms with Crippen LogP contribution in [0.5, 0.6) is 0 Å². The summed E-state index contributed by atoms with van der Waals surface area (Å²) in [4.78, 5) is 26.2. The molecular formula is C17H21N3O2. The van der Waals surface area contributed by atoms with Gasteiger partial charge in [-0.05, 0) is 29.5 Å². The van der Waals surface area contributed by atoms with Crippen LogP contribution in [0, 0.1) is 5.41 Å². The van der Waals surface area contributed by atoms with Gasteiger partial charge in [0.25, 0.3) is 11.8 Å². The van der Waals surface area contributed by atoms with Gasteiger partial charge in [0.15, 0.2) is 0 Å². The number of carbonyl (C=O) groups is 2.